The topological polar surface area (TPSA) is 77.8 Å². The molecule has 2 N–H and O–H groups in total. The van der Waals surface area contributed by atoms with E-state index in [1.165, 1.54) is 17.1 Å². The molecule has 174 valence electrons. The summed E-state index contributed by atoms with van der Waals surface area (Å²) in [4.78, 5) is 23.8. The van der Waals surface area contributed by atoms with Gasteiger partial charge in [0.2, 0.25) is 0 Å². The second kappa shape index (κ2) is 12.4. The van der Waals surface area contributed by atoms with E-state index >= 15 is 0 Å². The van der Waals surface area contributed by atoms with Gasteiger partial charge in [-0.25, -0.2) is 0 Å². The zero-order valence-electron chi connectivity index (χ0n) is 18.3. The van der Waals surface area contributed by atoms with Crippen LogP contribution in [0, 0.1) is 17.8 Å². The molecule has 1 aromatic carbocycles. The van der Waals surface area contributed by atoms with Crippen molar-refractivity contribution in [2.24, 2.45) is 5.92 Å². The summed E-state index contributed by atoms with van der Waals surface area (Å²) in [5.41, 5.74) is 0.884. The highest BCUT2D eigenvalue weighted by Gasteiger charge is 2.52. The number of halogens is 2. The van der Waals surface area contributed by atoms with Crippen LogP contribution in [0.1, 0.15) is 57.4 Å². The Labute approximate surface area is 188 Å². The fraction of sp³-hybridized carbons (Fsp3) is 0.520. The first-order valence-corrected chi connectivity index (χ1v) is 11.0. The van der Waals surface area contributed by atoms with Gasteiger partial charge in [-0.1, -0.05) is 62.0 Å². The van der Waals surface area contributed by atoms with Crippen LogP contribution >= 0.6 is 0 Å². The van der Waals surface area contributed by atoms with Crippen LogP contribution in [0.2, 0.25) is 0 Å². The molecule has 5 nitrogen and oxygen atoms in total. The zero-order valence-corrected chi connectivity index (χ0v) is 18.3. The van der Waals surface area contributed by atoms with Crippen LogP contribution in [0.5, 0.6) is 0 Å². The molecule has 0 aromatic heterocycles. The summed E-state index contributed by atoms with van der Waals surface area (Å²) in [5.74, 6) is 0.408. The van der Waals surface area contributed by atoms with E-state index in [1.807, 2.05) is 37.3 Å². The lowest BCUT2D eigenvalue weighted by atomic mass is 9.99. The number of carbonyl (C=O) groups is 2. The molecular formula is C25H31F2NO4. The number of benzene rings is 1. The lowest BCUT2D eigenvalue weighted by Gasteiger charge is -2.22. The van der Waals surface area contributed by atoms with E-state index in [-0.39, 0.29) is 18.9 Å². The van der Waals surface area contributed by atoms with Gasteiger partial charge in [0.1, 0.15) is 0 Å². The fourth-order valence-corrected chi connectivity index (χ4v) is 3.56. The molecule has 1 aromatic rings. The van der Waals surface area contributed by atoms with Crippen LogP contribution in [0.15, 0.2) is 42.5 Å². The molecule has 0 bridgehead atoms. The number of amides is 1. The Bertz CT molecular complexity index is 844. The number of aliphatic hydroxyl groups is 1. The summed E-state index contributed by atoms with van der Waals surface area (Å²) in [6.45, 7) is 2.02. The summed E-state index contributed by atoms with van der Waals surface area (Å²) < 4.78 is 28.0. The lowest BCUT2D eigenvalue weighted by Crippen LogP contribution is -2.36. The number of rotatable bonds is 11. The predicted octanol–water partition coefficient (Wildman–Crippen LogP) is 4.25. The van der Waals surface area contributed by atoms with Gasteiger partial charge in [-0.3, -0.25) is 9.59 Å². The Hall–Kier alpha value is -2.72. The van der Waals surface area contributed by atoms with Crippen LogP contribution in [0.25, 0.3) is 0 Å². The van der Waals surface area contributed by atoms with Crippen molar-refractivity contribution in [3.63, 3.8) is 0 Å². The van der Waals surface area contributed by atoms with Crippen molar-refractivity contribution in [2.45, 2.75) is 69.9 Å². The van der Waals surface area contributed by atoms with Crippen molar-refractivity contribution >= 4 is 11.9 Å². The monoisotopic (exact) mass is 447 g/mol. The minimum Gasteiger partial charge on any atom is -0.481 e. The molecule has 1 fully saturated rings. The number of nitrogens with zero attached hydrogens (tertiary/aromatic N) is 1. The minimum absolute atomic E-state index is 0.0812. The van der Waals surface area contributed by atoms with Crippen molar-refractivity contribution in [1.82, 2.24) is 4.90 Å². The molecule has 0 spiro atoms. The highest BCUT2D eigenvalue weighted by atomic mass is 19.3. The third kappa shape index (κ3) is 8.08. The molecule has 32 heavy (non-hydrogen) atoms. The van der Waals surface area contributed by atoms with Gasteiger partial charge in [0, 0.05) is 31.4 Å². The van der Waals surface area contributed by atoms with Gasteiger partial charge in [0.25, 0.3) is 5.91 Å². The third-order valence-corrected chi connectivity index (χ3v) is 5.52. The quantitative estimate of drug-likeness (QED) is 0.302. The highest BCUT2D eigenvalue weighted by Crippen LogP contribution is 2.34. The first-order chi connectivity index (χ1) is 15.2. The summed E-state index contributed by atoms with van der Waals surface area (Å²) in [6.07, 6.45) is 4.43. The lowest BCUT2D eigenvalue weighted by molar-refractivity contribution is -0.148. The van der Waals surface area contributed by atoms with Crippen LogP contribution < -0.4 is 0 Å². The number of carbonyl (C=O) groups excluding carboxylic acids is 1. The minimum atomic E-state index is -3.41. The van der Waals surface area contributed by atoms with E-state index in [0.717, 1.165) is 5.56 Å². The Morgan fingerprint density at radius 2 is 1.94 bits per heavy atom. The van der Waals surface area contributed by atoms with E-state index in [0.29, 0.717) is 32.1 Å². The predicted molar refractivity (Wildman–Crippen MR) is 118 cm³/mol. The number of aliphatic carboxylic acids is 1. The molecule has 1 aliphatic rings. The Morgan fingerprint density at radius 1 is 1.25 bits per heavy atom. The molecule has 0 saturated carbocycles. The van der Waals surface area contributed by atoms with Crippen LogP contribution in [0.3, 0.4) is 0 Å². The zero-order chi connectivity index (χ0) is 23.6. The smallest absolute Gasteiger partial charge is 0.327 e. The first kappa shape index (κ1) is 25.5. The highest BCUT2D eigenvalue weighted by molar-refractivity contribution is 5.86. The number of carboxylic acids is 1. The largest absolute Gasteiger partial charge is 0.481 e. The summed E-state index contributed by atoms with van der Waals surface area (Å²) in [5, 5.41) is 19.0. The molecule has 1 heterocycles. The van der Waals surface area contributed by atoms with Crippen molar-refractivity contribution in [1.29, 1.82) is 0 Å². The summed E-state index contributed by atoms with van der Waals surface area (Å²) in [6, 6.07) is 8.71. The van der Waals surface area contributed by atoms with E-state index in [4.69, 9.17) is 5.11 Å². The third-order valence-electron chi connectivity index (χ3n) is 5.52. The average Bonchev–Trinajstić information content (AvgIpc) is 2.97. The SMILES string of the molecule is C[C@@H](CC#Cc1ccccc1)[C@H](O)C=CC1CC(F)(F)C(=O)N1CCCCCCC(=O)O. The van der Waals surface area contributed by atoms with Gasteiger partial charge >= 0.3 is 11.9 Å². The Kier molecular flexibility index (Phi) is 9.86. The van der Waals surface area contributed by atoms with E-state index in [9.17, 15) is 23.5 Å². The van der Waals surface area contributed by atoms with Crippen LogP contribution in [-0.4, -0.2) is 51.6 Å². The van der Waals surface area contributed by atoms with E-state index in [2.05, 4.69) is 11.8 Å². The number of likely N-dealkylation sites (tertiary alicyclic amines) is 1. The van der Waals surface area contributed by atoms with Crippen molar-refractivity contribution in [3.05, 3.63) is 48.0 Å². The molecule has 7 heteroatoms. The maximum Gasteiger partial charge on any atom is 0.327 e. The molecular weight excluding hydrogens is 416 g/mol. The number of carboxylic acid groups (broad SMARTS) is 1. The number of hydrogen-bond acceptors (Lipinski definition) is 3. The number of alkyl halides is 2. The molecule has 1 amide bonds. The second-order valence-corrected chi connectivity index (χ2v) is 8.26. The standard InChI is InChI=1S/C25H31F2NO4/c1-19(10-9-13-20-11-5-4-6-12-20)22(29)16-15-21-18-25(26,27)24(32)28(21)17-8-3-2-7-14-23(30)31/h4-6,11-12,15-16,19,21-22,29H,2-3,7-8,10,14,17-18H2,1H3,(H,30,31)/t19-,21?,22+/m0/s1. The Balaban J connectivity index is 1.87. The first-order valence-electron chi connectivity index (χ1n) is 11.0. The van der Waals surface area contributed by atoms with Gasteiger partial charge in [-0.2, -0.15) is 8.78 Å². The molecule has 1 unspecified atom stereocenters. The molecule has 2 rings (SSSR count). The number of hydrogen-bond donors (Lipinski definition) is 2. The van der Waals surface area contributed by atoms with E-state index in [1.54, 1.807) is 0 Å². The molecule has 1 aliphatic heterocycles. The average molecular weight is 448 g/mol. The normalized spacial score (nSPS) is 19.6. The van der Waals surface area contributed by atoms with E-state index < -0.39 is 36.4 Å². The van der Waals surface area contributed by atoms with Gasteiger partial charge < -0.3 is 15.1 Å². The number of aliphatic hydroxyl groups excluding tert-OH is 1. The second-order valence-electron chi connectivity index (χ2n) is 8.26. The van der Waals surface area contributed by atoms with Gasteiger partial charge in [0.05, 0.1) is 12.1 Å². The van der Waals surface area contributed by atoms with Crippen LogP contribution in [-0.2, 0) is 9.59 Å². The molecule has 1 saturated heterocycles. The van der Waals surface area contributed by atoms with Gasteiger partial charge in [-0.05, 0) is 30.9 Å². The summed E-state index contributed by atoms with van der Waals surface area (Å²) in [7, 11) is 0. The Morgan fingerprint density at radius 3 is 2.62 bits per heavy atom. The van der Waals surface area contributed by atoms with Gasteiger partial charge in [0.15, 0.2) is 0 Å². The van der Waals surface area contributed by atoms with Crippen molar-refractivity contribution in [2.75, 3.05) is 6.54 Å². The van der Waals surface area contributed by atoms with Crippen LogP contribution in [0.4, 0.5) is 8.78 Å². The maximum atomic E-state index is 14.0. The van der Waals surface area contributed by atoms with Crippen molar-refractivity contribution < 1.29 is 28.6 Å². The fourth-order valence-electron chi connectivity index (χ4n) is 3.56. The summed E-state index contributed by atoms with van der Waals surface area (Å²) >= 11 is 0. The molecule has 0 radical (unpaired) electrons. The van der Waals surface area contributed by atoms with Crippen molar-refractivity contribution in [3.8, 4) is 11.8 Å². The van der Waals surface area contributed by atoms with Gasteiger partial charge in [-0.15, -0.1) is 0 Å². The number of unbranched alkanes of at least 4 members (excludes halogenated alkanes) is 3. The molecule has 0 aliphatic carbocycles. The maximum absolute atomic E-state index is 14.0. The molecule has 3 atom stereocenters.